The molecule has 0 heterocycles. The zero-order chi connectivity index (χ0) is 23.1. The van der Waals surface area contributed by atoms with Crippen LogP contribution in [0.3, 0.4) is 0 Å². The second-order valence-electron chi connectivity index (χ2n) is 6.60. The standard InChI is InChI=1S/C23H17BrClN3O4/c1-14-3-2-4-15(11-14)23(31)32-20-10-5-17(24)12-16(20)13-26-28-22(30)21(29)27-19-8-6-18(25)7-9-19/h2-13H,1H3,(H,27,29)(H,28,30)/b26-13-. The number of rotatable bonds is 5. The minimum atomic E-state index is -0.968. The van der Waals surface area contributed by atoms with Crippen LogP contribution in [0.15, 0.2) is 76.3 Å². The van der Waals surface area contributed by atoms with Gasteiger partial charge in [0.25, 0.3) is 0 Å². The lowest BCUT2D eigenvalue weighted by molar-refractivity contribution is -0.136. The predicted molar refractivity (Wildman–Crippen MR) is 126 cm³/mol. The maximum Gasteiger partial charge on any atom is 0.343 e. The van der Waals surface area contributed by atoms with Crippen LogP contribution in [0.2, 0.25) is 5.02 Å². The minimum absolute atomic E-state index is 0.239. The first-order valence-electron chi connectivity index (χ1n) is 9.30. The number of carbonyl (C=O) groups is 3. The molecule has 0 aliphatic heterocycles. The summed E-state index contributed by atoms with van der Waals surface area (Å²) >= 11 is 9.13. The van der Waals surface area contributed by atoms with E-state index in [4.69, 9.17) is 16.3 Å². The third-order valence-corrected chi connectivity index (χ3v) is 4.85. The van der Waals surface area contributed by atoms with E-state index < -0.39 is 17.8 Å². The van der Waals surface area contributed by atoms with Crippen LogP contribution >= 0.6 is 27.5 Å². The Balaban J connectivity index is 1.66. The highest BCUT2D eigenvalue weighted by molar-refractivity contribution is 9.10. The number of anilines is 1. The van der Waals surface area contributed by atoms with Gasteiger partial charge >= 0.3 is 17.8 Å². The second kappa shape index (κ2) is 10.7. The molecular formula is C23H17BrClN3O4. The van der Waals surface area contributed by atoms with Gasteiger partial charge in [0.1, 0.15) is 5.75 Å². The van der Waals surface area contributed by atoms with Crippen molar-refractivity contribution < 1.29 is 19.1 Å². The van der Waals surface area contributed by atoms with Crippen LogP contribution in [0.5, 0.6) is 5.75 Å². The van der Waals surface area contributed by atoms with Gasteiger partial charge in [0, 0.05) is 20.7 Å². The molecule has 0 atom stereocenters. The van der Waals surface area contributed by atoms with E-state index in [-0.39, 0.29) is 5.75 Å². The number of benzene rings is 3. The monoisotopic (exact) mass is 513 g/mol. The van der Waals surface area contributed by atoms with Crippen molar-refractivity contribution in [1.29, 1.82) is 0 Å². The summed E-state index contributed by atoms with van der Waals surface area (Å²) in [6, 6.07) is 18.3. The molecule has 0 saturated carbocycles. The van der Waals surface area contributed by atoms with Gasteiger partial charge in [-0.25, -0.2) is 10.2 Å². The number of carbonyl (C=O) groups excluding carboxylic acids is 3. The van der Waals surface area contributed by atoms with E-state index in [0.717, 1.165) is 5.56 Å². The molecule has 2 N–H and O–H groups in total. The molecule has 3 aromatic carbocycles. The first-order chi connectivity index (χ1) is 15.3. The number of esters is 1. The molecule has 2 amide bonds. The van der Waals surface area contributed by atoms with Gasteiger partial charge in [0.15, 0.2) is 0 Å². The van der Waals surface area contributed by atoms with Crippen molar-refractivity contribution in [3.05, 3.63) is 92.9 Å². The second-order valence-corrected chi connectivity index (χ2v) is 7.95. The van der Waals surface area contributed by atoms with E-state index in [2.05, 4.69) is 31.8 Å². The van der Waals surface area contributed by atoms with Crippen molar-refractivity contribution in [3.63, 3.8) is 0 Å². The Morgan fingerprint density at radius 1 is 1.00 bits per heavy atom. The summed E-state index contributed by atoms with van der Waals surface area (Å²) in [7, 11) is 0. The van der Waals surface area contributed by atoms with Gasteiger partial charge in [-0.1, -0.05) is 45.2 Å². The first-order valence-corrected chi connectivity index (χ1v) is 10.5. The molecule has 0 saturated heterocycles. The molecule has 0 radical (unpaired) electrons. The largest absolute Gasteiger partial charge is 0.422 e. The summed E-state index contributed by atoms with van der Waals surface area (Å²) in [6.45, 7) is 1.88. The number of halogens is 2. The number of ether oxygens (including phenoxy) is 1. The SMILES string of the molecule is Cc1cccc(C(=O)Oc2ccc(Br)cc2/C=N\NC(=O)C(=O)Nc2ccc(Cl)cc2)c1. The van der Waals surface area contributed by atoms with E-state index in [9.17, 15) is 14.4 Å². The Hall–Kier alpha value is -3.49. The molecule has 9 heteroatoms. The number of hydrogen-bond donors (Lipinski definition) is 2. The zero-order valence-electron chi connectivity index (χ0n) is 16.8. The highest BCUT2D eigenvalue weighted by Gasteiger charge is 2.14. The van der Waals surface area contributed by atoms with Crippen LogP contribution < -0.4 is 15.5 Å². The molecule has 162 valence electrons. The maximum atomic E-state index is 12.5. The summed E-state index contributed by atoms with van der Waals surface area (Å²) in [6.07, 6.45) is 1.27. The van der Waals surface area contributed by atoms with Gasteiger partial charge in [0.05, 0.1) is 11.8 Å². The van der Waals surface area contributed by atoms with Gasteiger partial charge in [-0.3, -0.25) is 9.59 Å². The van der Waals surface area contributed by atoms with Crippen molar-refractivity contribution in [2.24, 2.45) is 5.10 Å². The fourth-order valence-electron chi connectivity index (χ4n) is 2.58. The van der Waals surface area contributed by atoms with Crippen LogP contribution in [0.1, 0.15) is 21.5 Å². The predicted octanol–water partition coefficient (Wildman–Crippen LogP) is 4.72. The summed E-state index contributed by atoms with van der Waals surface area (Å²) in [4.78, 5) is 36.4. The van der Waals surface area contributed by atoms with E-state index in [1.165, 1.54) is 6.21 Å². The average Bonchev–Trinajstić information content (AvgIpc) is 2.77. The topological polar surface area (TPSA) is 96.9 Å². The fourth-order valence-corrected chi connectivity index (χ4v) is 3.08. The van der Waals surface area contributed by atoms with Crippen LogP contribution in [-0.4, -0.2) is 24.0 Å². The Morgan fingerprint density at radius 2 is 1.75 bits per heavy atom. The average molecular weight is 515 g/mol. The molecule has 3 rings (SSSR count). The van der Waals surface area contributed by atoms with E-state index >= 15 is 0 Å². The Labute approximate surface area is 197 Å². The Bertz CT molecular complexity index is 1200. The van der Waals surface area contributed by atoms with Crippen molar-refractivity contribution >= 4 is 57.2 Å². The van der Waals surface area contributed by atoms with Gasteiger partial charge in [0.2, 0.25) is 0 Å². The molecule has 0 aromatic heterocycles. The number of aryl methyl sites for hydroxylation is 1. The van der Waals surface area contributed by atoms with Crippen LogP contribution in [-0.2, 0) is 9.59 Å². The van der Waals surface area contributed by atoms with Crippen LogP contribution in [0.4, 0.5) is 5.69 Å². The van der Waals surface area contributed by atoms with Gasteiger partial charge in [-0.2, -0.15) is 5.10 Å². The molecule has 0 unspecified atom stereocenters. The van der Waals surface area contributed by atoms with Gasteiger partial charge < -0.3 is 10.1 Å². The molecule has 32 heavy (non-hydrogen) atoms. The summed E-state index contributed by atoms with van der Waals surface area (Å²) in [5.74, 6) is -2.16. The quantitative estimate of drug-likeness (QED) is 0.169. The summed E-state index contributed by atoms with van der Waals surface area (Å²) < 4.78 is 6.19. The summed E-state index contributed by atoms with van der Waals surface area (Å²) in [5, 5.41) is 6.73. The number of hydrazone groups is 1. The molecule has 3 aromatic rings. The van der Waals surface area contributed by atoms with E-state index in [0.29, 0.717) is 26.3 Å². The van der Waals surface area contributed by atoms with Crippen LogP contribution in [0.25, 0.3) is 0 Å². The molecule has 7 nitrogen and oxygen atoms in total. The highest BCUT2D eigenvalue weighted by atomic mass is 79.9. The molecule has 0 bridgehead atoms. The zero-order valence-corrected chi connectivity index (χ0v) is 19.1. The molecule has 0 aliphatic rings. The van der Waals surface area contributed by atoms with Gasteiger partial charge in [-0.15, -0.1) is 0 Å². The Kier molecular flexibility index (Phi) is 7.75. The molecule has 0 fully saturated rings. The Morgan fingerprint density at radius 3 is 2.47 bits per heavy atom. The van der Waals surface area contributed by atoms with Crippen molar-refractivity contribution in [1.82, 2.24) is 5.43 Å². The lowest BCUT2D eigenvalue weighted by Gasteiger charge is -2.08. The smallest absolute Gasteiger partial charge is 0.343 e. The normalized spacial score (nSPS) is 10.6. The third kappa shape index (κ3) is 6.50. The lowest BCUT2D eigenvalue weighted by atomic mass is 10.1. The molecule has 0 aliphatic carbocycles. The number of nitrogens with zero attached hydrogens (tertiary/aromatic N) is 1. The van der Waals surface area contributed by atoms with Gasteiger partial charge in [-0.05, 0) is 61.5 Å². The highest BCUT2D eigenvalue weighted by Crippen LogP contribution is 2.23. The first kappa shape index (κ1) is 23.2. The third-order valence-electron chi connectivity index (χ3n) is 4.11. The fraction of sp³-hybridized carbons (Fsp3) is 0.0435. The van der Waals surface area contributed by atoms with Crippen LogP contribution in [0, 0.1) is 6.92 Å². The lowest BCUT2D eigenvalue weighted by Crippen LogP contribution is -2.32. The van der Waals surface area contributed by atoms with Crippen molar-refractivity contribution in [2.75, 3.05) is 5.32 Å². The van der Waals surface area contributed by atoms with Crippen molar-refractivity contribution in [3.8, 4) is 5.75 Å². The van der Waals surface area contributed by atoms with E-state index in [1.54, 1.807) is 60.7 Å². The van der Waals surface area contributed by atoms with E-state index in [1.807, 2.05) is 13.0 Å². The minimum Gasteiger partial charge on any atom is -0.422 e. The van der Waals surface area contributed by atoms with Crippen molar-refractivity contribution in [2.45, 2.75) is 6.92 Å². The number of amides is 2. The number of hydrogen-bond acceptors (Lipinski definition) is 5. The molecule has 0 spiro atoms. The summed E-state index contributed by atoms with van der Waals surface area (Å²) in [5.41, 5.74) is 4.30. The number of nitrogens with one attached hydrogen (secondary N) is 2. The molecular weight excluding hydrogens is 498 g/mol. The maximum absolute atomic E-state index is 12.5.